The fraction of sp³-hybridized carbons (Fsp3) is 0.316. The van der Waals surface area contributed by atoms with E-state index in [-0.39, 0.29) is 11.8 Å². The number of aryl methyl sites for hydroxylation is 1. The first-order valence-corrected chi connectivity index (χ1v) is 7.83. The number of hydrogen-bond acceptors (Lipinski definition) is 3. The highest BCUT2D eigenvalue weighted by Gasteiger charge is 2.30. The molecule has 0 saturated heterocycles. The van der Waals surface area contributed by atoms with Crippen molar-refractivity contribution in [3.05, 3.63) is 65.0 Å². The van der Waals surface area contributed by atoms with Crippen molar-refractivity contribution < 1.29 is 9.59 Å². The van der Waals surface area contributed by atoms with E-state index in [1.54, 1.807) is 24.4 Å². The van der Waals surface area contributed by atoms with Crippen LogP contribution in [0.3, 0.4) is 0 Å². The highest BCUT2D eigenvalue weighted by Crippen LogP contribution is 2.17. The van der Waals surface area contributed by atoms with Crippen molar-refractivity contribution >= 4 is 11.8 Å². The zero-order valence-electron chi connectivity index (χ0n) is 14.8. The largest absolute Gasteiger partial charge is 0.274 e. The summed E-state index contributed by atoms with van der Waals surface area (Å²) < 4.78 is 0. The molecular formula is C19H23N3O2. The number of carbonyl (C=O) groups is 2. The molecule has 0 aliphatic carbocycles. The van der Waals surface area contributed by atoms with E-state index in [0.717, 1.165) is 11.1 Å². The van der Waals surface area contributed by atoms with E-state index in [0.29, 0.717) is 11.1 Å². The normalized spacial score (nSPS) is 11.0. The van der Waals surface area contributed by atoms with Crippen molar-refractivity contribution in [3.8, 4) is 0 Å². The van der Waals surface area contributed by atoms with Crippen molar-refractivity contribution in [1.82, 2.24) is 15.4 Å². The summed E-state index contributed by atoms with van der Waals surface area (Å²) in [6, 6.07) is 8.92. The Morgan fingerprint density at radius 3 is 2.38 bits per heavy atom. The van der Waals surface area contributed by atoms with E-state index in [2.05, 4.69) is 10.4 Å². The predicted octanol–water partition coefficient (Wildman–Crippen LogP) is 3.28. The molecule has 5 heteroatoms. The lowest BCUT2D eigenvalue weighted by atomic mass is 10.0. The number of aromatic nitrogens is 1. The summed E-state index contributed by atoms with van der Waals surface area (Å²) in [4.78, 5) is 29.4. The molecule has 1 aromatic heterocycles. The Bertz CT molecular complexity index is 749. The molecule has 0 spiro atoms. The van der Waals surface area contributed by atoms with Gasteiger partial charge in [-0.2, -0.15) is 0 Å². The zero-order chi connectivity index (χ0) is 17.9. The molecule has 2 rings (SSSR count). The average molecular weight is 325 g/mol. The fourth-order valence-corrected chi connectivity index (χ4v) is 2.30. The molecule has 0 aliphatic heterocycles. The second kappa shape index (κ2) is 6.83. The zero-order valence-corrected chi connectivity index (χ0v) is 14.8. The minimum atomic E-state index is -0.583. The number of amides is 2. The van der Waals surface area contributed by atoms with Gasteiger partial charge in [-0.1, -0.05) is 12.1 Å². The number of nitrogens with one attached hydrogen (secondary N) is 1. The molecule has 1 heterocycles. The van der Waals surface area contributed by atoms with Gasteiger partial charge in [-0.25, -0.2) is 5.01 Å². The standard InChI is InChI=1S/C19H23N3O2/c1-13-8-6-10-16(14(13)2)17(23)21-22(19(3,4)5)18(24)15-9-7-11-20-12-15/h6-12H,1-5H3,(H,21,23). The van der Waals surface area contributed by atoms with E-state index in [1.807, 2.05) is 46.8 Å². The molecule has 0 unspecified atom stereocenters. The van der Waals surface area contributed by atoms with Gasteiger partial charge in [0.1, 0.15) is 0 Å². The van der Waals surface area contributed by atoms with Gasteiger partial charge in [0.15, 0.2) is 0 Å². The maximum absolute atomic E-state index is 12.8. The molecule has 0 radical (unpaired) electrons. The van der Waals surface area contributed by atoms with Crippen molar-refractivity contribution in [2.24, 2.45) is 0 Å². The van der Waals surface area contributed by atoms with Crippen LogP contribution >= 0.6 is 0 Å². The van der Waals surface area contributed by atoms with Crippen molar-refractivity contribution in [1.29, 1.82) is 0 Å². The van der Waals surface area contributed by atoms with E-state index >= 15 is 0 Å². The summed E-state index contributed by atoms with van der Waals surface area (Å²) in [5.41, 5.74) is 5.09. The van der Waals surface area contributed by atoms with Crippen molar-refractivity contribution in [3.63, 3.8) is 0 Å². The van der Waals surface area contributed by atoms with Gasteiger partial charge in [-0.05, 0) is 63.9 Å². The van der Waals surface area contributed by atoms with Crippen LogP contribution in [-0.4, -0.2) is 27.3 Å². The molecule has 0 bridgehead atoms. The second-order valence-electron chi connectivity index (χ2n) is 6.74. The monoisotopic (exact) mass is 325 g/mol. The summed E-state index contributed by atoms with van der Waals surface area (Å²) in [7, 11) is 0. The number of benzene rings is 1. The first kappa shape index (κ1) is 17.7. The summed E-state index contributed by atoms with van der Waals surface area (Å²) in [5, 5.41) is 1.36. The van der Waals surface area contributed by atoms with Crippen LogP contribution in [0.2, 0.25) is 0 Å². The predicted molar refractivity (Wildman–Crippen MR) is 93.5 cm³/mol. The second-order valence-corrected chi connectivity index (χ2v) is 6.74. The van der Waals surface area contributed by atoms with E-state index in [4.69, 9.17) is 0 Å². The lowest BCUT2D eigenvalue weighted by Crippen LogP contribution is -2.56. The molecule has 126 valence electrons. The number of pyridine rings is 1. The Morgan fingerprint density at radius 1 is 1.08 bits per heavy atom. The van der Waals surface area contributed by atoms with Crippen LogP contribution in [0.15, 0.2) is 42.7 Å². The molecule has 5 nitrogen and oxygen atoms in total. The SMILES string of the molecule is Cc1cccc(C(=O)NN(C(=O)c2cccnc2)C(C)(C)C)c1C. The molecule has 1 aromatic carbocycles. The van der Waals surface area contributed by atoms with Gasteiger partial charge in [-0.15, -0.1) is 0 Å². The Hall–Kier alpha value is -2.69. The first-order chi connectivity index (χ1) is 11.2. The number of nitrogens with zero attached hydrogens (tertiary/aromatic N) is 2. The van der Waals surface area contributed by atoms with Gasteiger partial charge in [0, 0.05) is 18.0 Å². The molecule has 0 fully saturated rings. The summed E-state index contributed by atoms with van der Waals surface area (Å²) in [6.07, 6.45) is 3.10. The Labute approximate surface area is 142 Å². The fourth-order valence-electron chi connectivity index (χ4n) is 2.30. The van der Waals surface area contributed by atoms with Crippen molar-refractivity contribution in [2.45, 2.75) is 40.2 Å². The lowest BCUT2D eigenvalue weighted by molar-refractivity contribution is 0.0358. The maximum Gasteiger partial charge on any atom is 0.274 e. The topological polar surface area (TPSA) is 62.3 Å². The van der Waals surface area contributed by atoms with Crippen LogP contribution in [0.4, 0.5) is 0 Å². The third-order valence-corrected chi connectivity index (χ3v) is 3.85. The summed E-state index contributed by atoms with van der Waals surface area (Å²) in [5.74, 6) is -0.599. The molecule has 0 atom stereocenters. The number of hydrazine groups is 1. The quantitative estimate of drug-likeness (QED) is 0.862. The van der Waals surface area contributed by atoms with Gasteiger partial charge in [0.2, 0.25) is 0 Å². The minimum absolute atomic E-state index is 0.297. The van der Waals surface area contributed by atoms with E-state index in [9.17, 15) is 9.59 Å². The molecule has 0 aliphatic rings. The molecular weight excluding hydrogens is 302 g/mol. The van der Waals surface area contributed by atoms with Crippen LogP contribution < -0.4 is 5.43 Å². The van der Waals surface area contributed by atoms with E-state index in [1.165, 1.54) is 11.2 Å². The highest BCUT2D eigenvalue weighted by molar-refractivity contribution is 6.00. The number of carbonyl (C=O) groups excluding carboxylic acids is 2. The third kappa shape index (κ3) is 3.79. The average Bonchev–Trinajstić information content (AvgIpc) is 2.54. The van der Waals surface area contributed by atoms with Gasteiger partial charge < -0.3 is 0 Å². The minimum Gasteiger partial charge on any atom is -0.267 e. The molecule has 2 aromatic rings. The Morgan fingerprint density at radius 2 is 1.79 bits per heavy atom. The summed E-state index contributed by atoms with van der Waals surface area (Å²) in [6.45, 7) is 9.45. The summed E-state index contributed by atoms with van der Waals surface area (Å²) >= 11 is 0. The Balaban J connectivity index is 2.32. The van der Waals surface area contributed by atoms with Crippen LogP contribution in [0.5, 0.6) is 0 Å². The highest BCUT2D eigenvalue weighted by atomic mass is 16.2. The number of rotatable bonds is 2. The molecule has 0 saturated carbocycles. The van der Waals surface area contributed by atoms with Gasteiger partial charge in [0.25, 0.3) is 11.8 Å². The lowest BCUT2D eigenvalue weighted by Gasteiger charge is -2.35. The van der Waals surface area contributed by atoms with Crippen LogP contribution in [0.1, 0.15) is 52.6 Å². The molecule has 2 amide bonds. The van der Waals surface area contributed by atoms with Crippen LogP contribution in [-0.2, 0) is 0 Å². The van der Waals surface area contributed by atoms with Crippen LogP contribution in [0.25, 0.3) is 0 Å². The van der Waals surface area contributed by atoms with Crippen LogP contribution in [0, 0.1) is 13.8 Å². The third-order valence-electron chi connectivity index (χ3n) is 3.85. The molecule has 1 N–H and O–H groups in total. The van der Waals surface area contributed by atoms with Gasteiger partial charge in [0.05, 0.1) is 11.1 Å². The first-order valence-electron chi connectivity index (χ1n) is 7.83. The molecule has 24 heavy (non-hydrogen) atoms. The van der Waals surface area contributed by atoms with Gasteiger partial charge in [-0.3, -0.25) is 20.0 Å². The Kier molecular flexibility index (Phi) is 5.02. The maximum atomic E-state index is 12.8. The number of hydrogen-bond donors (Lipinski definition) is 1. The van der Waals surface area contributed by atoms with Crippen molar-refractivity contribution in [2.75, 3.05) is 0 Å². The van der Waals surface area contributed by atoms with Gasteiger partial charge >= 0.3 is 0 Å². The van der Waals surface area contributed by atoms with E-state index < -0.39 is 5.54 Å². The smallest absolute Gasteiger partial charge is 0.267 e.